The number of anilines is 1. The summed E-state index contributed by atoms with van der Waals surface area (Å²) in [6, 6.07) is 9.19. The maximum atomic E-state index is 13.1. The van der Waals surface area contributed by atoms with Gasteiger partial charge in [0.25, 0.3) is 5.91 Å². The first-order valence-electron chi connectivity index (χ1n) is 12.0. The average molecular weight is 534 g/mol. The molecule has 4 aromatic rings. The fraction of sp³-hybridized carbons (Fsp3) is 0.250. The molecule has 3 aromatic heterocycles. The zero-order chi connectivity index (χ0) is 27.7. The van der Waals surface area contributed by atoms with E-state index in [9.17, 15) is 18.0 Å². The van der Waals surface area contributed by atoms with Crippen molar-refractivity contribution in [2.75, 3.05) is 5.32 Å². The van der Waals surface area contributed by atoms with E-state index >= 15 is 0 Å². The quantitative estimate of drug-likeness (QED) is 0.241. The van der Waals surface area contributed by atoms with Gasteiger partial charge in [0.2, 0.25) is 0 Å². The minimum absolute atomic E-state index is 0.146. The van der Waals surface area contributed by atoms with Crippen molar-refractivity contribution in [1.29, 1.82) is 0 Å². The summed E-state index contributed by atoms with van der Waals surface area (Å²) in [5.74, 6) is 3.26. The van der Waals surface area contributed by atoms with Gasteiger partial charge < -0.3 is 5.32 Å². The number of amides is 1. The Labute approximate surface area is 219 Å². The van der Waals surface area contributed by atoms with Crippen LogP contribution in [0.15, 0.2) is 48.8 Å². The van der Waals surface area contributed by atoms with Crippen molar-refractivity contribution in [1.82, 2.24) is 19.9 Å². The topological polar surface area (TPSA) is 80.7 Å². The number of aryl methyl sites for hydroxylation is 2. The van der Waals surface area contributed by atoms with Gasteiger partial charge in [0.1, 0.15) is 25.3 Å². The number of hydrogen-bond donors (Lipinski definition) is 1. The normalized spacial score (nSPS) is 11.7. The fourth-order valence-electron chi connectivity index (χ4n) is 3.64. The van der Waals surface area contributed by atoms with E-state index in [1.165, 1.54) is 6.07 Å². The first-order valence-corrected chi connectivity index (χ1v) is 15.5. The zero-order valence-corrected chi connectivity index (χ0v) is 22.7. The second-order valence-electron chi connectivity index (χ2n) is 9.85. The SMILES string of the molecule is CCc1ncc2cc(-c3cc(NC(=O)c4ccnc(C(F)(F)F)c4)ccc3C)c(C#C[Si](C)(C)C)nc2n1. The third-order valence-electron chi connectivity index (χ3n) is 5.59. The minimum Gasteiger partial charge on any atom is -0.322 e. The summed E-state index contributed by atoms with van der Waals surface area (Å²) >= 11 is 0. The van der Waals surface area contributed by atoms with Gasteiger partial charge in [0.15, 0.2) is 5.65 Å². The maximum Gasteiger partial charge on any atom is 0.433 e. The molecule has 0 radical (unpaired) electrons. The molecule has 4 rings (SSSR count). The van der Waals surface area contributed by atoms with Gasteiger partial charge in [-0.15, -0.1) is 5.54 Å². The lowest BCUT2D eigenvalue weighted by atomic mass is 9.97. The van der Waals surface area contributed by atoms with Crippen molar-refractivity contribution < 1.29 is 18.0 Å². The van der Waals surface area contributed by atoms with E-state index in [0.29, 0.717) is 29.3 Å². The lowest BCUT2D eigenvalue weighted by Crippen LogP contribution is -2.16. The molecule has 0 aliphatic heterocycles. The number of rotatable bonds is 4. The minimum atomic E-state index is -4.65. The third-order valence-corrected chi connectivity index (χ3v) is 6.46. The molecule has 3 heterocycles. The van der Waals surface area contributed by atoms with Crippen LogP contribution in [-0.4, -0.2) is 33.9 Å². The molecule has 194 valence electrons. The Morgan fingerprint density at radius 3 is 2.47 bits per heavy atom. The van der Waals surface area contributed by atoms with Crippen molar-refractivity contribution in [3.8, 4) is 22.6 Å². The Balaban J connectivity index is 1.78. The average Bonchev–Trinajstić information content (AvgIpc) is 2.86. The van der Waals surface area contributed by atoms with Crippen molar-refractivity contribution in [3.05, 3.63) is 77.1 Å². The summed E-state index contributed by atoms with van der Waals surface area (Å²) in [4.78, 5) is 29.8. The summed E-state index contributed by atoms with van der Waals surface area (Å²) in [5.41, 5.74) is 6.08. The molecule has 0 saturated carbocycles. The molecule has 0 atom stereocenters. The Bertz CT molecular complexity index is 1600. The molecule has 0 spiro atoms. The Morgan fingerprint density at radius 1 is 1.03 bits per heavy atom. The lowest BCUT2D eigenvalue weighted by Gasteiger charge is -2.14. The molecule has 0 unspecified atom stereocenters. The van der Waals surface area contributed by atoms with Crippen LogP contribution < -0.4 is 5.32 Å². The largest absolute Gasteiger partial charge is 0.433 e. The standard InChI is InChI=1S/C28H26F3N5OSi/c1-6-25-33-16-19-13-22(23(35-26(19)36-25)10-12-38(3,4)5)21-15-20(8-7-17(21)2)34-27(37)18-9-11-32-24(14-18)28(29,30)31/h7-9,11,13-16H,6H2,1-5H3,(H,34,37). The summed E-state index contributed by atoms with van der Waals surface area (Å²) < 4.78 is 39.2. The molecule has 1 aromatic carbocycles. The number of hydrogen-bond acceptors (Lipinski definition) is 5. The number of halogens is 3. The lowest BCUT2D eigenvalue weighted by molar-refractivity contribution is -0.141. The van der Waals surface area contributed by atoms with Crippen LogP contribution in [0.25, 0.3) is 22.2 Å². The van der Waals surface area contributed by atoms with Crippen molar-refractivity contribution in [2.45, 2.75) is 46.1 Å². The van der Waals surface area contributed by atoms with Gasteiger partial charge in [-0.05, 0) is 48.4 Å². The van der Waals surface area contributed by atoms with E-state index in [0.717, 1.165) is 34.3 Å². The van der Waals surface area contributed by atoms with Crippen LogP contribution in [-0.2, 0) is 12.6 Å². The van der Waals surface area contributed by atoms with Gasteiger partial charge in [-0.2, -0.15) is 13.2 Å². The molecule has 0 aliphatic rings. The number of benzene rings is 1. The Morgan fingerprint density at radius 2 is 1.79 bits per heavy atom. The maximum absolute atomic E-state index is 13.1. The van der Waals surface area contributed by atoms with Gasteiger partial charge in [-0.1, -0.05) is 38.6 Å². The number of aromatic nitrogens is 4. The molecular formula is C28H26F3N5OSi. The monoisotopic (exact) mass is 533 g/mol. The van der Waals surface area contributed by atoms with Crippen LogP contribution >= 0.6 is 0 Å². The first-order chi connectivity index (χ1) is 17.8. The second kappa shape index (κ2) is 10.3. The molecule has 0 fully saturated rings. The highest BCUT2D eigenvalue weighted by Crippen LogP contribution is 2.32. The molecular weight excluding hydrogens is 507 g/mol. The highest BCUT2D eigenvalue weighted by atomic mass is 28.3. The molecule has 1 N–H and O–H groups in total. The van der Waals surface area contributed by atoms with E-state index < -0.39 is 25.9 Å². The Kier molecular flexibility index (Phi) is 7.33. The van der Waals surface area contributed by atoms with Crippen LogP contribution in [0.5, 0.6) is 0 Å². The van der Waals surface area contributed by atoms with Crippen molar-refractivity contribution in [2.24, 2.45) is 0 Å². The summed E-state index contributed by atoms with van der Waals surface area (Å²) in [6.07, 6.45) is -1.27. The van der Waals surface area contributed by atoms with Crippen LogP contribution in [0.3, 0.4) is 0 Å². The number of carbonyl (C=O) groups excluding carboxylic acids is 1. The smallest absolute Gasteiger partial charge is 0.322 e. The van der Waals surface area contributed by atoms with Crippen LogP contribution in [0, 0.1) is 18.4 Å². The van der Waals surface area contributed by atoms with Gasteiger partial charge in [0, 0.05) is 41.0 Å². The van der Waals surface area contributed by atoms with Gasteiger partial charge in [-0.25, -0.2) is 15.0 Å². The first kappa shape index (κ1) is 26.9. The predicted molar refractivity (Wildman–Crippen MR) is 144 cm³/mol. The molecule has 0 aliphatic carbocycles. The molecule has 10 heteroatoms. The van der Waals surface area contributed by atoms with E-state index in [-0.39, 0.29) is 5.56 Å². The molecule has 0 bridgehead atoms. The molecule has 1 amide bonds. The van der Waals surface area contributed by atoms with Crippen LogP contribution in [0.2, 0.25) is 19.6 Å². The number of carbonyl (C=O) groups is 1. The fourth-order valence-corrected chi connectivity index (χ4v) is 4.13. The molecule has 0 saturated heterocycles. The molecule has 38 heavy (non-hydrogen) atoms. The van der Waals surface area contributed by atoms with E-state index in [4.69, 9.17) is 4.98 Å². The summed E-state index contributed by atoms with van der Waals surface area (Å²) in [5, 5.41) is 3.44. The highest BCUT2D eigenvalue weighted by Gasteiger charge is 2.33. The number of nitrogens with zero attached hydrogens (tertiary/aromatic N) is 4. The number of alkyl halides is 3. The van der Waals surface area contributed by atoms with E-state index in [1.807, 2.05) is 26.0 Å². The number of pyridine rings is 2. The van der Waals surface area contributed by atoms with Gasteiger partial charge >= 0.3 is 6.18 Å². The summed E-state index contributed by atoms with van der Waals surface area (Å²) in [7, 11) is -1.73. The van der Waals surface area contributed by atoms with Crippen LogP contribution in [0.1, 0.15) is 40.1 Å². The van der Waals surface area contributed by atoms with E-state index in [2.05, 4.69) is 51.4 Å². The van der Waals surface area contributed by atoms with Crippen LogP contribution in [0.4, 0.5) is 18.9 Å². The zero-order valence-electron chi connectivity index (χ0n) is 21.7. The molecule has 6 nitrogen and oxygen atoms in total. The number of nitrogens with one attached hydrogen (secondary N) is 1. The van der Waals surface area contributed by atoms with Crippen molar-refractivity contribution >= 4 is 30.7 Å². The Hall–Kier alpha value is -4.10. The summed E-state index contributed by atoms with van der Waals surface area (Å²) in [6.45, 7) is 10.3. The highest BCUT2D eigenvalue weighted by molar-refractivity contribution is 6.83. The van der Waals surface area contributed by atoms with E-state index in [1.54, 1.807) is 18.3 Å². The van der Waals surface area contributed by atoms with Gasteiger partial charge in [-0.3, -0.25) is 9.78 Å². The van der Waals surface area contributed by atoms with Crippen molar-refractivity contribution in [3.63, 3.8) is 0 Å². The second-order valence-corrected chi connectivity index (χ2v) is 14.6. The van der Waals surface area contributed by atoms with Gasteiger partial charge in [0.05, 0.1) is 0 Å². The predicted octanol–water partition coefficient (Wildman–Crippen LogP) is 6.46. The third kappa shape index (κ3) is 6.23. The number of fused-ring (bicyclic) bond motifs is 1.